The highest BCUT2D eigenvalue weighted by Crippen LogP contribution is 2.22. The number of carbonyl (C=O) groups excluding carboxylic acids is 1. The molecule has 144 valence electrons. The number of benzene rings is 1. The van der Waals surface area contributed by atoms with Crippen LogP contribution in [0, 0.1) is 5.92 Å². The van der Waals surface area contributed by atoms with Crippen molar-refractivity contribution < 1.29 is 9.32 Å². The summed E-state index contributed by atoms with van der Waals surface area (Å²) >= 11 is 0. The van der Waals surface area contributed by atoms with Crippen LogP contribution in [0.5, 0.6) is 0 Å². The molecule has 2 aromatic rings. The molecular weight excluding hydrogens is 340 g/mol. The molecule has 0 bridgehead atoms. The van der Waals surface area contributed by atoms with Crippen LogP contribution >= 0.6 is 0 Å². The van der Waals surface area contributed by atoms with E-state index in [1.807, 2.05) is 36.4 Å². The number of piperidine rings is 1. The molecule has 3 heterocycles. The van der Waals surface area contributed by atoms with Gasteiger partial charge in [-0.05, 0) is 44.7 Å². The molecule has 1 aromatic carbocycles. The molecule has 1 aromatic heterocycles. The summed E-state index contributed by atoms with van der Waals surface area (Å²) in [4.78, 5) is 14.6. The van der Waals surface area contributed by atoms with Crippen molar-refractivity contribution in [2.24, 2.45) is 5.92 Å². The van der Waals surface area contributed by atoms with E-state index in [1.165, 1.54) is 6.42 Å². The summed E-state index contributed by atoms with van der Waals surface area (Å²) in [5.74, 6) is 1.56. The van der Waals surface area contributed by atoms with Crippen molar-refractivity contribution in [3.8, 4) is 11.3 Å². The number of carbonyl (C=O) groups is 1. The molecule has 2 aliphatic rings. The number of aromatic nitrogens is 1. The van der Waals surface area contributed by atoms with E-state index in [0.29, 0.717) is 5.92 Å². The molecule has 2 unspecified atom stereocenters. The first-order valence-electron chi connectivity index (χ1n) is 10.0. The summed E-state index contributed by atoms with van der Waals surface area (Å²) in [5, 5.41) is 10.6. The SMILES string of the molecule is O=C(NCC1CCCN(Cc2cc(-c3ccccc3)no2)C1)C1CCCN1. The Morgan fingerprint density at radius 2 is 2.15 bits per heavy atom. The Bertz CT molecular complexity index is 740. The quantitative estimate of drug-likeness (QED) is 0.819. The summed E-state index contributed by atoms with van der Waals surface area (Å²) in [5.41, 5.74) is 1.96. The van der Waals surface area contributed by atoms with Gasteiger partial charge in [0, 0.05) is 24.7 Å². The number of nitrogens with one attached hydrogen (secondary N) is 2. The van der Waals surface area contributed by atoms with E-state index in [1.54, 1.807) is 0 Å². The molecule has 0 saturated carbocycles. The molecule has 6 nitrogen and oxygen atoms in total. The third-order valence-electron chi connectivity index (χ3n) is 5.55. The smallest absolute Gasteiger partial charge is 0.237 e. The third-order valence-corrected chi connectivity index (χ3v) is 5.55. The lowest BCUT2D eigenvalue weighted by atomic mass is 9.97. The zero-order chi connectivity index (χ0) is 18.5. The van der Waals surface area contributed by atoms with Crippen LogP contribution in [0.15, 0.2) is 40.9 Å². The van der Waals surface area contributed by atoms with Crippen LogP contribution in [-0.4, -0.2) is 48.2 Å². The fraction of sp³-hybridized carbons (Fsp3) is 0.524. The van der Waals surface area contributed by atoms with E-state index in [2.05, 4.69) is 20.7 Å². The normalized spacial score (nSPS) is 23.4. The van der Waals surface area contributed by atoms with Gasteiger partial charge in [-0.1, -0.05) is 35.5 Å². The zero-order valence-corrected chi connectivity index (χ0v) is 15.7. The fourth-order valence-electron chi connectivity index (χ4n) is 4.09. The van der Waals surface area contributed by atoms with Gasteiger partial charge in [-0.2, -0.15) is 0 Å². The Labute approximate surface area is 160 Å². The minimum absolute atomic E-state index is 0.00953. The second-order valence-electron chi connectivity index (χ2n) is 7.68. The van der Waals surface area contributed by atoms with Gasteiger partial charge in [0.15, 0.2) is 5.76 Å². The highest BCUT2D eigenvalue weighted by atomic mass is 16.5. The molecule has 2 N–H and O–H groups in total. The van der Waals surface area contributed by atoms with Gasteiger partial charge in [0.1, 0.15) is 5.69 Å². The first-order valence-corrected chi connectivity index (χ1v) is 10.0. The van der Waals surface area contributed by atoms with Crippen molar-refractivity contribution in [1.29, 1.82) is 0 Å². The van der Waals surface area contributed by atoms with Gasteiger partial charge in [-0.15, -0.1) is 0 Å². The molecule has 0 aliphatic carbocycles. The lowest BCUT2D eigenvalue weighted by Crippen LogP contribution is -2.45. The van der Waals surface area contributed by atoms with E-state index in [4.69, 9.17) is 4.52 Å². The summed E-state index contributed by atoms with van der Waals surface area (Å²) in [6, 6.07) is 12.1. The lowest BCUT2D eigenvalue weighted by molar-refractivity contribution is -0.123. The molecule has 2 atom stereocenters. The van der Waals surface area contributed by atoms with Crippen molar-refractivity contribution in [1.82, 2.24) is 20.7 Å². The van der Waals surface area contributed by atoms with Gasteiger partial charge in [0.2, 0.25) is 5.91 Å². The molecule has 2 saturated heterocycles. The monoisotopic (exact) mass is 368 g/mol. The molecule has 2 aliphatic heterocycles. The van der Waals surface area contributed by atoms with Crippen molar-refractivity contribution in [2.75, 3.05) is 26.2 Å². The Balaban J connectivity index is 1.27. The highest BCUT2D eigenvalue weighted by Gasteiger charge is 2.25. The van der Waals surface area contributed by atoms with Crippen LogP contribution in [0.2, 0.25) is 0 Å². The number of hydrogen-bond acceptors (Lipinski definition) is 5. The minimum atomic E-state index is 0.00953. The van der Waals surface area contributed by atoms with E-state index >= 15 is 0 Å². The molecular formula is C21H28N4O2. The van der Waals surface area contributed by atoms with Crippen LogP contribution < -0.4 is 10.6 Å². The third kappa shape index (κ3) is 4.76. The van der Waals surface area contributed by atoms with Crippen molar-refractivity contribution in [3.05, 3.63) is 42.2 Å². The summed E-state index contributed by atoms with van der Waals surface area (Å²) in [7, 11) is 0. The Kier molecular flexibility index (Phi) is 5.84. The van der Waals surface area contributed by atoms with Crippen LogP contribution in [0.4, 0.5) is 0 Å². The molecule has 27 heavy (non-hydrogen) atoms. The zero-order valence-electron chi connectivity index (χ0n) is 15.7. The second-order valence-corrected chi connectivity index (χ2v) is 7.68. The molecule has 6 heteroatoms. The van der Waals surface area contributed by atoms with Gasteiger partial charge in [0.25, 0.3) is 0 Å². The van der Waals surface area contributed by atoms with Gasteiger partial charge >= 0.3 is 0 Å². The van der Waals surface area contributed by atoms with Crippen molar-refractivity contribution >= 4 is 5.91 Å². The molecule has 4 rings (SSSR count). The first-order chi connectivity index (χ1) is 13.3. The van der Waals surface area contributed by atoms with E-state index in [9.17, 15) is 4.79 Å². The number of nitrogens with zero attached hydrogens (tertiary/aromatic N) is 2. The minimum Gasteiger partial charge on any atom is -0.359 e. The largest absolute Gasteiger partial charge is 0.359 e. The molecule has 0 spiro atoms. The number of hydrogen-bond donors (Lipinski definition) is 2. The van der Waals surface area contributed by atoms with Gasteiger partial charge in [-0.25, -0.2) is 0 Å². The van der Waals surface area contributed by atoms with E-state index in [0.717, 1.165) is 69.0 Å². The molecule has 0 radical (unpaired) electrons. The summed E-state index contributed by atoms with van der Waals surface area (Å²) < 4.78 is 5.55. The van der Waals surface area contributed by atoms with E-state index < -0.39 is 0 Å². The van der Waals surface area contributed by atoms with Gasteiger partial charge in [0.05, 0.1) is 12.6 Å². The predicted octanol–water partition coefficient (Wildman–Crippen LogP) is 2.42. The van der Waals surface area contributed by atoms with Crippen LogP contribution in [0.3, 0.4) is 0 Å². The van der Waals surface area contributed by atoms with Gasteiger partial charge in [-0.3, -0.25) is 9.69 Å². The molecule has 1 amide bonds. The second kappa shape index (κ2) is 8.67. The summed E-state index contributed by atoms with van der Waals surface area (Å²) in [6.45, 7) is 4.54. The highest BCUT2D eigenvalue weighted by molar-refractivity contribution is 5.81. The van der Waals surface area contributed by atoms with E-state index in [-0.39, 0.29) is 11.9 Å². The Hall–Kier alpha value is -2.18. The number of amides is 1. The van der Waals surface area contributed by atoms with Crippen LogP contribution in [-0.2, 0) is 11.3 Å². The van der Waals surface area contributed by atoms with Crippen LogP contribution in [0.1, 0.15) is 31.4 Å². The standard InChI is InChI=1S/C21H28N4O2/c26-21(19-9-4-10-22-19)23-13-16-6-5-11-25(14-16)15-18-12-20(24-27-18)17-7-2-1-3-8-17/h1-3,7-8,12,16,19,22H,4-6,9-11,13-15H2,(H,23,26). The number of rotatable bonds is 6. The first kappa shape index (κ1) is 18.2. The maximum atomic E-state index is 12.2. The average molecular weight is 368 g/mol. The topological polar surface area (TPSA) is 70.4 Å². The van der Waals surface area contributed by atoms with Crippen molar-refractivity contribution in [2.45, 2.75) is 38.3 Å². The lowest BCUT2D eigenvalue weighted by Gasteiger charge is -2.32. The van der Waals surface area contributed by atoms with Crippen LogP contribution in [0.25, 0.3) is 11.3 Å². The predicted molar refractivity (Wildman–Crippen MR) is 104 cm³/mol. The number of likely N-dealkylation sites (tertiary alicyclic amines) is 1. The fourth-order valence-corrected chi connectivity index (χ4v) is 4.09. The summed E-state index contributed by atoms with van der Waals surface area (Å²) in [6.07, 6.45) is 4.37. The van der Waals surface area contributed by atoms with Crippen molar-refractivity contribution in [3.63, 3.8) is 0 Å². The van der Waals surface area contributed by atoms with Gasteiger partial charge < -0.3 is 15.2 Å². The Morgan fingerprint density at radius 1 is 1.26 bits per heavy atom. The maximum absolute atomic E-state index is 12.2. The molecule has 2 fully saturated rings. The Morgan fingerprint density at radius 3 is 2.96 bits per heavy atom. The maximum Gasteiger partial charge on any atom is 0.237 e. The average Bonchev–Trinajstić information content (AvgIpc) is 3.39.